The molecule has 1 aliphatic carbocycles. The second kappa shape index (κ2) is 8.69. The molecule has 0 spiro atoms. The Balaban J connectivity index is 1.73. The Morgan fingerprint density at radius 3 is 2.52 bits per heavy atom. The molecule has 1 fully saturated rings. The van der Waals surface area contributed by atoms with Crippen molar-refractivity contribution in [2.24, 2.45) is 5.92 Å². The Hall–Kier alpha value is -3.08. The molecular formula is C21H19ClF4N6O. The van der Waals surface area contributed by atoms with E-state index in [-0.39, 0.29) is 22.5 Å². The van der Waals surface area contributed by atoms with Crippen molar-refractivity contribution in [1.82, 2.24) is 29.6 Å². The highest BCUT2D eigenvalue weighted by atomic mass is 35.5. The van der Waals surface area contributed by atoms with E-state index in [2.05, 4.69) is 20.1 Å². The van der Waals surface area contributed by atoms with Gasteiger partial charge in [-0.2, -0.15) is 17.9 Å². The lowest BCUT2D eigenvalue weighted by molar-refractivity contribution is -0.137. The summed E-state index contributed by atoms with van der Waals surface area (Å²) in [7, 11) is 0. The fraction of sp³-hybridized carbons (Fsp3) is 0.381. The van der Waals surface area contributed by atoms with Crippen molar-refractivity contribution in [3.8, 4) is 5.95 Å². The number of benzene rings is 1. The number of halogens is 5. The number of amides is 1. The molecule has 3 aromatic rings. The number of aryl methyl sites for hydroxylation is 1. The highest BCUT2D eigenvalue weighted by Crippen LogP contribution is 2.35. The summed E-state index contributed by atoms with van der Waals surface area (Å²) in [5.74, 6) is -0.291. The maximum Gasteiger partial charge on any atom is 0.416 e. The summed E-state index contributed by atoms with van der Waals surface area (Å²) in [6.45, 7) is 3.65. The number of hydrogen-bond donors (Lipinski definition) is 0. The van der Waals surface area contributed by atoms with Gasteiger partial charge >= 0.3 is 6.18 Å². The number of hydrogen-bond acceptors (Lipinski definition) is 5. The first kappa shape index (κ1) is 23.1. The Morgan fingerprint density at radius 2 is 1.91 bits per heavy atom. The van der Waals surface area contributed by atoms with Crippen molar-refractivity contribution in [2.75, 3.05) is 6.54 Å². The average Bonchev–Trinajstić information content (AvgIpc) is 3.49. The summed E-state index contributed by atoms with van der Waals surface area (Å²) in [6.07, 6.45) is -0.875. The molecule has 0 saturated heterocycles. The Kier molecular flexibility index (Phi) is 6.08. The minimum Gasteiger partial charge on any atom is -0.328 e. The molecule has 2 heterocycles. The fourth-order valence-corrected chi connectivity index (χ4v) is 3.68. The SMILES string of the molecule is Cc1nc(C(C)N(CC2CC2)C(=O)c2cc(Cl)cc(C(F)(F)F)c2)n(-c2ncc(F)cn2)n1. The van der Waals surface area contributed by atoms with E-state index < -0.39 is 29.5 Å². The summed E-state index contributed by atoms with van der Waals surface area (Å²) in [6, 6.07) is 2.09. The third-order valence-corrected chi connectivity index (χ3v) is 5.48. The molecule has 0 radical (unpaired) electrons. The van der Waals surface area contributed by atoms with Crippen LogP contribution in [0.3, 0.4) is 0 Å². The molecule has 7 nitrogen and oxygen atoms in total. The minimum absolute atomic E-state index is 0.0554. The zero-order valence-electron chi connectivity index (χ0n) is 17.6. The smallest absolute Gasteiger partial charge is 0.328 e. The minimum atomic E-state index is -4.65. The maximum absolute atomic E-state index is 13.4. The van der Waals surface area contributed by atoms with Gasteiger partial charge in [-0.3, -0.25) is 4.79 Å². The van der Waals surface area contributed by atoms with Crippen LogP contribution < -0.4 is 0 Å². The van der Waals surface area contributed by atoms with Gasteiger partial charge in [0.25, 0.3) is 11.9 Å². The van der Waals surface area contributed by atoms with E-state index >= 15 is 0 Å². The Labute approximate surface area is 191 Å². The number of carbonyl (C=O) groups is 1. The van der Waals surface area contributed by atoms with Gasteiger partial charge in [0.15, 0.2) is 11.6 Å². The van der Waals surface area contributed by atoms with E-state index in [1.807, 2.05) is 0 Å². The molecule has 1 aromatic carbocycles. The van der Waals surface area contributed by atoms with Crippen molar-refractivity contribution >= 4 is 17.5 Å². The lowest BCUT2D eigenvalue weighted by Gasteiger charge is -2.29. The van der Waals surface area contributed by atoms with Crippen LogP contribution >= 0.6 is 11.6 Å². The first-order chi connectivity index (χ1) is 15.5. The van der Waals surface area contributed by atoms with Crippen LogP contribution in [-0.4, -0.2) is 42.1 Å². The van der Waals surface area contributed by atoms with Gasteiger partial charge in [0.1, 0.15) is 5.82 Å². The molecular weight excluding hydrogens is 464 g/mol. The standard InChI is InChI=1S/C21H19ClF4N6O/c1-11(18-29-12(2)30-32(18)20-27-8-17(23)9-28-20)31(10-13-3-4-13)19(33)14-5-15(21(24,25)26)7-16(22)6-14/h5-9,11,13H,3-4,10H2,1-2H3. The van der Waals surface area contributed by atoms with Gasteiger partial charge in [0, 0.05) is 17.1 Å². The zero-order chi connectivity index (χ0) is 23.9. The van der Waals surface area contributed by atoms with Crippen LogP contribution in [0.2, 0.25) is 5.02 Å². The second-order valence-electron chi connectivity index (χ2n) is 7.93. The van der Waals surface area contributed by atoms with Crippen LogP contribution in [0.5, 0.6) is 0 Å². The molecule has 33 heavy (non-hydrogen) atoms. The Bertz CT molecular complexity index is 1180. The van der Waals surface area contributed by atoms with Crippen molar-refractivity contribution in [3.63, 3.8) is 0 Å². The van der Waals surface area contributed by atoms with Crippen LogP contribution in [0, 0.1) is 18.7 Å². The molecule has 4 rings (SSSR count). The quantitative estimate of drug-likeness (QED) is 0.472. The van der Waals surface area contributed by atoms with Gasteiger partial charge in [-0.25, -0.2) is 19.3 Å². The topological polar surface area (TPSA) is 76.8 Å². The average molecular weight is 483 g/mol. The molecule has 0 aliphatic heterocycles. The van der Waals surface area contributed by atoms with Gasteiger partial charge in [-0.05, 0) is 50.8 Å². The van der Waals surface area contributed by atoms with Gasteiger partial charge in [0.05, 0.1) is 24.0 Å². The van der Waals surface area contributed by atoms with Crippen LogP contribution in [0.1, 0.15) is 53.4 Å². The second-order valence-corrected chi connectivity index (χ2v) is 8.37. The van der Waals surface area contributed by atoms with Gasteiger partial charge in [-0.1, -0.05) is 11.6 Å². The van der Waals surface area contributed by atoms with Crippen LogP contribution in [0.15, 0.2) is 30.6 Å². The monoisotopic (exact) mass is 482 g/mol. The molecule has 1 unspecified atom stereocenters. The summed E-state index contributed by atoms with van der Waals surface area (Å²) in [4.78, 5) is 27.1. The molecule has 1 amide bonds. The highest BCUT2D eigenvalue weighted by molar-refractivity contribution is 6.31. The molecule has 12 heteroatoms. The van der Waals surface area contributed by atoms with Crippen molar-refractivity contribution < 1.29 is 22.4 Å². The molecule has 0 N–H and O–H groups in total. The van der Waals surface area contributed by atoms with Gasteiger partial charge in [0.2, 0.25) is 0 Å². The number of alkyl halides is 3. The summed E-state index contributed by atoms with van der Waals surface area (Å²) in [5.41, 5.74) is -1.18. The maximum atomic E-state index is 13.4. The van der Waals surface area contributed by atoms with Crippen LogP contribution in [0.4, 0.5) is 17.6 Å². The molecule has 1 aliphatic rings. The Morgan fingerprint density at radius 1 is 1.24 bits per heavy atom. The van der Waals surface area contributed by atoms with Crippen LogP contribution in [0.25, 0.3) is 5.95 Å². The molecule has 0 bridgehead atoms. The molecule has 2 aromatic heterocycles. The molecule has 174 valence electrons. The number of carbonyl (C=O) groups excluding carboxylic acids is 1. The third-order valence-electron chi connectivity index (χ3n) is 5.26. The summed E-state index contributed by atoms with van der Waals surface area (Å²) >= 11 is 5.90. The van der Waals surface area contributed by atoms with Crippen molar-refractivity contribution in [1.29, 1.82) is 0 Å². The van der Waals surface area contributed by atoms with Crippen molar-refractivity contribution in [2.45, 2.75) is 38.9 Å². The van der Waals surface area contributed by atoms with Crippen LogP contribution in [-0.2, 0) is 6.18 Å². The first-order valence-electron chi connectivity index (χ1n) is 10.1. The predicted octanol–water partition coefficient (Wildman–Crippen LogP) is 4.79. The number of aromatic nitrogens is 5. The van der Waals surface area contributed by atoms with E-state index in [0.717, 1.165) is 37.4 Å². The largest absolute Gasteiger partial charge is 0.416 e. The first-order valence-corrected chi connectivity index (χ1v) is 10.5. The van der Waals surface area contributed by atoms with E-state index in [0.29, 0.717) is 18.2 Å². The molecule has 1 saturated carbocycles. The van der Waals surface area contributed by atoms with Gasteiger partial charge < -0.3 is 4.90 Å². The highest BCUT2D eigenvalue weighted by Gasteiger charge is 2.36. The molecule has 1 atom stereocenters. The third kappa shape index (κ3) is 5.13. The normalized spacial score (nSPS) is 14.9. The number of rotatable bonds is 6. The zero-order valence-corrected chi connectivity index (χ0v) is 18.4. The lowest BCUT2D eigenvalue weighted by atomic mass is 10.1. The number of nitrogens with zero attached hydrogens (tertiary/aromatic N) is 6. The lowest BCUT2D eigenvalue weighted by Crippen LogP contribution is -2.37. The van der Waals surface area contributed by atoms with E-state index in [9.17, 15) is 22.4 Å². The van der Waals surface area contributed by atoms with Crippen molar-refractivity contribution in [3.05, 3.63) is 64.2 Å². The predicted molar refractivity (Wildman–Crippen MR) is 110 cm³/mol. The van der Waals surface area contributed by atoms with E-state index in [4.69, 9.17) is 11.6 Å². The van der Waals surface area contributed by atoms with E-state index in [1.165, 1.54) is 15.6 Å². The fourth-order valence-electron chi connectivity index (χ4n) is 3.44. The summed E-state index contributed by atoms with van der Waals surface area (Å²) in [5, 5.41) is 4.06. The van der Waals surface area contributed by atoms with Gasteiger partial charge in [-0.15, -0.1) is 5.10 Å². The summed E-state index contributed by atoms with van der Waals surface area (Å²) < 4.78 is 54.4. The van der Waals surface area contributed by atoms with E-state index in [1.54, 1.807) is 13.8 Å².